The SMILES string of the molecule is CNC(c1sccc1Br)C(C)(C)N1CCOCC1. The Morgan fingerprint density at radius 1 is 1.44 bits per heavy atom. The highest BCUT2D eigenvalue weighted by molar-refractivity contribution is 9.10. The van der Waals surface area contributed by atoms with Crippen LogP contribution in [-0.4, -0.2) is 43.8 Å². The predicted molar refractivity (Wildman–Crippen MR) is 80.3 cm³/mol. The monoisotopic (exact) mass is 332 g/mol. The molecule has 1 saturated heterocycles. The molecule has 2 rings (SSSR count). The van der Waals surface area contributed by atoms with Crippen molar-refractivity contribution in [1.29, 1.82) is 0 Å². The van der Waals surface area contributed by atoms with Gasteiger partial charge in [-0.1, -0.05) is 0 Å². The fourth-order valence-corrected chi connectivity index (χ4v) is 4.53. The normalized spacial score (nSPS) is 20.0. The molecule has 0 spiro atoms. The van der Waals surface area contributed by atoms with Gasteiger partial charge in [-0.15, -0.1) is 11.3 Å². The molecule has 1 aliphatic rings. The van der Waals surface area contributed by atoms with Gasteiger partial charge in [-0.3, -0.25) is 4.90 Å². The summed E-state index contributed by atoms with van der Waals surface area (Å²) < 4.78 is 6.66. The maximum Gasteiger partial charge on any atom is 0.0605 e. The Kier molecular flexibility index (Phi) is 4.83. The Labute approximate surface area is 122 Å². The zero-order valence-corrected chi connectivity index (χ0v) is 13.6. The van der Waals surface area contributed by atoms with E-state index in [1.807, 2.05) is 7.05 Å². The average Bonchev–Trinajstić information content (AvgIpc) is 2.78. The van der Waals surface area contributed by atoms with E-state index in [0.29, 0.717) is 6.04 Å². The van der Waals surface area contributed by atoms with Crippen molar-refractivity contribution in [1.82, 2.24) is 10.2 Å². The third-order valence-corrected chi connectivity index (χ3v) is 5.66. The molecule has 5 heteroatoms. The summed E-state index contributed by atoms with van der Waals surface area (Å²) in [5, 5.41) is 5.62. The number of nitrogens with zero attached hydrogens (tertiary/aromatic N) is 1. The first-order chi connectivity index (χ1) is 8.57. The lowest BCUT2D eigenvalue weighted by Crippen LogP contribution is -2.55. The Balaban J connectivity index is 2.22. The van der Waals surface area contributed by atoms with E-state index >= 15 is 0 Å². The van der Waals surface area contributed by atoms with Gasteiger partial charge in [-0.2, -0.15) is 0 Å². The van der Waals surface area contributed by atoms with E-state index in [4.69, 9.17) is 4.74 Å². The van der Waals surface area contributed by atoms with E-state index in [0.717, 1.165) is 26.3 Å². The van der Waals surface area contributed by atoms with Gasteiger partial charge in [0.1, 0.15) is 0 Å². The van der Waals surface area contributed by atoms with Crippen LogP contribution >= 0.6 is 27.3 Å². The first kappa shape index (κ1) is 14.5. The maximum atomic E-state index is 5.45. The number of morpholine rings is 1. The van der Waals surface area contributed by atoms with Crippen molar-refractivity contribution < 1.29 is 4.74 Å². The molecule has 1 atom stereocenters. The molecule has 102 valence electrons. The van der Waals surface area contributed by atoms with Gasteiger partial charge in [0.15, 0.2) is 0 Å². The number of halogens is 1. The van der Waals surface area contributed by atoms with E-state index < -0.39 is 0 Å². The minimum Gasteiger partial charge on any atom is -0.379 e. The summed E-state index contributed by atoms with van der Waals surface area (Å²) in [5.74, 6) is 0. The van der Waals surface area contributed by atoms with E-state index in [2.05, 4.69) is 51.4 Å². The molecule has 0 saturated carbocycles. The second-order valence-electron chi connectivity index (χ2n) is 5.11. The van der Waals surface area contributed by atoms with E-state index in [1.54, 1.807) is 11.3 Å². The van der Waals surface area contributed by atoms with Gasteiger partial charge in [-0.25, -0.2) is 0 Å². The van der Waals surface area contributed by atoms with Gasteiger partial charge in [-0.05, 0) is 48.3 Å². The number of likely N-dealkylation sites (N-methyl/N-ethyl adjacent to an activating group) is 1. The third kappa shape index (κ3) is 2.80. The molecular weight excluding hydrogens is 312 g/mol. The molecule has 1 aromatic rings. The smallest absolute Gasteiger partial charge is 0.0605 e. The van der Waals surface area contributed by atoms with Gasteiger partial charge in [0.05, 0.1) is 19.3 Å². The summed E-state index contributed by atoms with van der Waals surface area (Å²) in [6, 6.07) is 2.45. The molecule has 1 unspecified atom stereocenters. The topological polar surface area (TPSA) is 24.5 Å². The molecule has 0 aromatic carbocycles. The summed E-state index contributed by atoms with van der Waals surface area (Å²) in [5.41, 5.74) is 0.0753. The third-order valence-electron chi connectivity index (χ3n) is 3.73. The van der Waals surface area contributed by atoms with Gasteiger partial charge in [0.25, 0.3) is 0 Å². The standard InChI is InChI=1S/C13H21BrN2OS/c1-13(2,16-5-7-17-8-6-16)12(15-3)11-10(14)4-9-18-11/h4,9,12,15H,5-8H2,1-3H3. The molecule has 3 nitrogen and oxygen atoms in total. The molecule has 18 heavy (non-hydrogen) atoms. The lowest BCUT2D eigenvalue weighted by molar-refractivity contribution is -0.0225. The highest BCUT2D eigenvalue weighted by atomic mass is 79.9. The second kappa shape index (κ2) is 6.01. The molecule has 2 heterocycles. The first-order valence-corrected chi connectivity index (χ1v) is 7.97. The summed E-state index contributed by atoms with van der Waals surface area (Å²) in [6.45, 7) is 8.32. The quantitative estimate of drug-likeness (QED) is 0.917. The van der Waals surface area contributed by atoms with E-state index in [1.165, 1.54) is 9.35 Å². The number of rotatable bonds is 4. The largest absolute Gasteiger partial charge is 0.379 e. The fourth-order valence-electron chi connectivity index (χ4n) is 2.64. The van der Waals surface area contributed by atoms with Gasteiger partial charge >= 0.3 is 0 Å². The van der Waals surface area contributed by atoms with Crippen LogP contribution in [0.2, 0.25) is 0 Å². The molecule has 1 aromatic heterocycles. The molecule has 0 radical (unpaired) electrons. The van der Waals surface area contributed by atoms with E-state index in [9.17, 15) is 0 Å². The molecule has 0 amide bonds. The Morgan fingerprint density at radius 2 is 2.11 bits per heavy atom. The van der Waals surface area contributed by atoms with Gasteiger partial charge in [0.2, 0.25) is 0 Å². The molecule has 1 aliphatic heterocycles. The lowest BCUT2D eigenvalue weighted by atomic mass is 9.90. The summed E-state index contributed by atoms with van der Waals surface area (Å²) in [7, 11) is 2.04. The van der Waals surface area contributed by atoms with Crippen molar-refractivity contribution in [2.24, 2.45) is 0 Å². The predicted octanol–water partition coefficient (Wildman–Crippen LogP) is 2.88. The van der Waals surface area contributed by atoms with Crippen molar-refractivity contribution in [3.63, 3.8) is 0 Å². The van der Waals surface area contributed by atoms with Crippen LogP contribution in [0.1, 0.15) is 24.8 Å². The Morgan fingerprint density at radius 3 is 2.61 bits per heavy atom. The second-order valence-corrected chi connectivity index (χ2v) is 6.91. The molecular formula is C13H21BrN2OS. The van der Waals surface area contributed by atoms with Crippen LogP contribution in [-0.2, 0) is 4.74 Å². The van der Waals surface area contributed by atoms with Crippen LogP contribution in [0.5, 0.6) is 0 Å². The van der Waals surface area contributed by atoms with Crippen molar-refractivity contribution in [3.05, 3.63) is 20.8 Å². The van der Waals surface area contributed by atoms with Crippen LogP contribution in [0, 0.1) is 0 Å². The van der Waals surface area contributed by atoms with Crippen molar-refractivity contribution in [3.8, 4) is 0 Å². The number of hydrogen-bond donors (Lipinski definition) is 1. The highest BCUT2D eigenvalue weighted by Crippen LogP contribution is 2.38. The summed E-state index contributed by atoms with van der Waals surface area (Å²) >= 11 is 5.46. The first-order valence-electron chi connectivity index (χ1n) is 6.30. The number of hydrogen-bond acceptors (Lipinski definition) is 4. The summed E-state index contributed by atoms with van der Waals surface area (Å²) in [6.07, 6.45) is 0. The molecule has 1 N–H and O–H groups in total. The number of thiophene rings is 1. The van der Waals surface area contributed by atoms with Crippen LogP contribution in [0.15, 0.2) is 15.9 Å². The van der Waals surface area contributed by atoms with Crippen LogP contribution in [0.25, 0.3) is 0 Å². The number of nitrogens with one attached hydrogen (secondary N) is 1. The molecule has 0 aliphatic carbocycles. The van der Waals surface area contributed by atoms with Crippen LogP contribution in [0.4, 0.5) is 0 Å². The van der Waals surface area contributed by atoms with Crippen LogP contribution < -0.4 is 5.32 Å². The zero-order chi connectivity index (χ0) is 13.2. The van der Waals surface area contributed by atoms with Gasteiger partial charge < -0.3 is 10.1 Å². The van der Waals surface area contributed by atoms with E-state index in [-0.39, 0.29) is 5.54 Å². The Bertz CT molecular complexity index is 388. The number of ether oxygens (including phenoxy) is 1. The average molecular weight is 333 g/mol. The van der Waals surface area contributed by atoms with Gasteiger partial charge in [0, 0.05) is 28.0 Å². The minimum atomic E-state index is 0.0753. The molecule has 0 bridgehead atoms. The van der Waals surface area contributed by atoms with Crippen molar-refractivity contribution in [2.45, 2.75) is 25.4 Å². The minimum absolute atomic E-state index is 0.0753. The fraction of sp³-hybridized carbons (Fsp3) is 0.692. The highest BCUT2D eigenvalue weighted by Gasteiger charge is 2.37. The summed E-state index contributed by atoms with van der Waals surface area (Å²) in [4.78, 5) is 3.89. The van der Waals surface area contributed by atoms with Crippen LogP contribution in [0.3, 0.4) is 0 Å². The van der Waals surface area contributed by atoms with Crippen molar-refractivity contribution in [2.75, 3.05) is 33.4 Å². The van der Waals surface area contributed by atoms with Crippen molar-refractivity contribution >= 4 is 27.3 Å². The zero-order valence-electron chi connectivity index (χ0n) is 11.2. The lowest BCUT2D eigenvalue weighted by Gasteiger charge is -2.45. The Hall–Kier alpha value is 0.0600. The molecule has 1 fully saturated rings. The maximum absolute atomic E-state index is 5.45.